The van der Waals surface area contributed by atoms with Gasteiger partial charge in [0, 0.05) is 30.5 Å². The van der Waals surface area contributed by atoms with Crippen molar-refractivity contribution in [1.29, 1.82) is 0 Å². The Hall–Kier alpha value is -2.17. The third-order valence-corrected chi connectivity index (χ3v) is 3.40. The van der Waals surface area contributed by atoms with Crippen LogP contribution in [0.4, 0.5) is 0 Å². The van der Waals surface area contributed by atoms with Gasteiger partial charge < -0.3 is 5.11 Å². The van der Waals surface area contributed by atoms with E-state index in [2.05, 4.69) is 0 Å². The van der Waals surface area contributed by atoms with Crippen molar-refractivity contribution in [2.24, 2.45) is 0 Å². The number of carboxylic acid groups (broad SMARTS) is 1. The molecule has 2 amide bonds. The van der Waals surface area contributed by atoms with Gasteiger partial charge in [0.2, 0.25) is 0 Å². The minimum absolute atomic E-state index is 0.127. The number of aliphatic carboxylic acids is 1. The van der Waals surface area contributed by atoms with Crippen LogP contribution in [0.25, 0.3) is 0 Å². The summed E-state index contributed by atoms with van der Waals surface area (Å²) in [6.45, 7) is 0.353. The highest BCUT2D eigenvalue weighted by molar-refractivity contribution is 6.14. The Morgan fingerprint density at radius 1 is 1.05 bits per heavy atom. The number of piperidine rings is 1. The average Bonchev–Trinajstić information content (AvgIpc) is 2.64. The van der Waals surface area contributed by atoms with Gasteiger partial charge >= 0.3 is 5.97 Å². The van der Waals surface area contributed by atoms with E-state index in [9.17, 15) is 14.4 Å². The second-order valence-electron chi connectivity index (χ2n) is 4.91. The first kappa shape index (κ1) is 14.2. The second-order valence-corrected chi connectivity index (χ2v) is 4.91. The van der Waals surface area contributed by atoms with E-state index in [-0.39, 0.29) is 18.2 Å². The van der Waals surface area contributed by atoms with Crippen molar-refractivity contribution < 1.29 is 19.5 Å². The zero-order valence-corrected chi connectivity index (χ0v) is 11.2. The van der Waals surface area contributed by atoms with E-state index < -0.39 is 5.97 Å². The molecule has 0 aromatic rings. The summed E-state index contributed by atoms with van der Waals surface area (Å²) in [5.74, 6) is -1.27. The molecular formula is C15H17NO4. The number of unbranched alkanes of at least 4 members (excludes halogenated alkanes) is 2. The molecule has 5 heteroatoms. The average molecular weight is 275 g/mol. The van der Waals surface area contributed by atoms with Gasteiger partial charge in [-0.05, 0) is 12.8 Å². The third-order valence-electron chi connectivity index (χ3n) is 3.40. The third kappa shape index (κ3) is 3.23. The number of carboxylic acids is 1. The number of allylic oxidation sites excluding steroid dienone is 4. The monoisotopic (exact) mass is 275 g/mol. The van der Waals surface area contributed by atoms with E-state index in [0.717, 1.165) is 0 Å². The van der Waals surface area contributed by atoms with Crippen LogP contribution in [0.2, 0.25) is 0 Å². The maximum absolute atomic E-state index is 12.2. The number of rotatable bonds is 6. The van der Waals surface area contributed by atoms with Gasteiger partial charge in [-0.2, -0.15) is 0 Å². The van der Waals surface area contributed by atoms with Crippen molar-refractivity contribution in [3.8, 4) is 0 Å². The van der Waals surface area contributed by atoms with E-state index in [1.807, 2.05) is 0 Å². The number of hydrogen-bond donors (Lipinski definition) is 1. The summed E-state index contributed by atoms with van der Waals surface area (Å²) >= 11 is 0. The Bertz CT molecular complexity index is 494. The van der Waals surface area contributed by atoms with E-state index in [1.165, 1.54) is 4.90 Å². The summed E-state index contributed by atoms with van der Waals surface area (Å²) in [5.41, 5.74) is 1.27. The Morgan fingerprint density at radius 2 is 1.65 bits per heavy atom. The molecule has 0 radical (unpaired) electrons. The van der Waals surface area contributed by atoms with Gasteiger partial charge in [-0.25, -0.2) is 0 Å². The molecule has 0 atom stereocenters. The molecule has 1 aliphatic heterocycles. The molecule has 1 N–H and O–H groups in total. The van der Waals surface area contributed by atoms with E-state index >= 15 is 0 Å². The molecule has 0 unspecified atom stereocenters. The van der Waals surface area contributed by atoms with E-state index in [0.29, 0.717) is 43.4 Å². The maximum atomic E-state index is 12.2. The summed E-state index contributed by atoms with van der Waals surface area (Å²) in [7, 11) is 0. The largest absolute Gasteiger partial charge is 0.481 e. The maximum Gasteiger partial charge on any atom is 0.303 e. The predicted molar refractivity (Wildman–Crippen MR) is 72.7 cm³/mol. The molecule has 1 saturated heterocycles. The molecule has 2 rings (SSSR count). The Kier molecular flexibility index (Phi) is 4.50. The topological polar surface area (TPSA) is 74.7 Å². The molecule has 1 fully saturated rings. The zero-order chi connectivity index (χ0) is 14.5. The molecule has 2 bridgehead atoms. The summed E-state index contributed by atoms with van der Waals surface area (Å²) in [6, 6.07) is 0. The Balaban J connectivity index is 1.93. The van der Waals surface area contributed by atoms with E-state index in [4.69, 9.17) is 5.11 Å². The first-order valence-electron chi connectivity index (χ1n) is 6.74. The van der Waals surface area contributed by atoms with Gasteiger partial charge in [0.1, 0.15) is 0 Å². The summed E-state index contributed by atoms with van der Waals surface area (Å²) in [6.07, 6.45) is 9.46. The van der Waals surface area contributed by atoms with Crippen LogP contribution in [-0.2, 0) is 14.4 Å². The van der Waals surface area contributed by atoms with Gasteiger partial charge in [0.05, 0.1) is 0 Å². The van der Waals surface area contributed by atoms with Crippen molar-refractivity contribution in [1.82, 2.24) is 4.90 Å². The summed E-state index contributed by atoms with van der Waals surface area (Å²) < 4.78 is 0. The molecule has 0 spiro atoms. The first-order valence-corrected chi connectivity index (χ1v) is 6.74. The van der Waals surface area contributed by atoms with Crippen LogP contribution in [0.1, 0.15) is 32.1 Å². The lowest BCUT2D eigenvalue weighted by atomic mass is 9.98. The highest BCUT2D eigenvalue weighted by Gasteiger charge is 2.33. The van der Waals surface area contributed by atoms with Crippen LogP contribution in [-0.4, -0.2) is 34.3 Å². The molecule has 20 heavy (non-hydrogen) atoms. The number of nitrogens with zero attached hydrogens (tertiary/aromatic N) is 1. The van der Waals surface area contributed by atoms with Crippen LogP contribution < -0.4 is 0 Å². The number of hydrogen-bond acceptors (Lipinski definition) is 3. The number of imide groups is 1. The highest BCUT2D eigenvalue weighted by Crippen LogP contribution is 2.25. The lowest BCUT2D eigenvalue weighted by molar-refractivity contribution is -0.142. The molecule has 5 nitrogen and oxygen atoms in total. The number of carbonyl (C=O) groups is 3. The van der Waals surface area contributed by atoms with E-state index in [1.54, 1.807) is 24.3 Å². The van der Waals surface area contributed by atoms with Crippen LogP contribution in [0.5, 0.6) is 0 Å². The molecule has 106 valence electrons. The fourth-order valence-electron chi connectivity index (χ4n) is 2.33. The Morgan fingerprint density at radius 3 is 2.20 bits per heavy atom. The molecule has 0 saturated carbocycles. The summed E-state index contributed by atoms with van der Waals surface area (Å²) in [5, 5.41) is 8.55. The standard InChI is InChI=1S/C15H17NO4/c17-13(18)8-2-1-5-9-16-14(19)11-6-3-4-7-12(10-11)15(16)20/h3-4,6-7H,1-2,5,8-10H2,(H,17,18). The molecule has 1 heterocycles. The molecule has 0 aromatic heterocycles. The molecule has 0 aromatic carbocycles. The van der Waals surface area contributed by atoms with Crippen molar-refractivity contribution >= 4 is 17.8 Å². The number of fused-ring (bicyclic) bond motifs is 2. The Labute approximate surface area is 117 Å². The fraction of sp³-hybridized carbons (Fsp3) is 0.400. The van der Waals surface area contributed by atoms with Crippen LogP contribution in [0.15, 0.2) is 35.5 Å². The lowest BCUT2D eigenvalue weighted by Crippen LogP contribution is -2.43. The normalized spacial score (nSPS) is 17.7. The van der Waals surface area contributed by atoms with Crippen molar-refractivity contribution in [3.63, 3.8) is 0 Å². The predicted octanol–water partition coefficient (Wildman–Crippen LogP) is 1.81. The number of amides is 2. The van der Waals surface area contributed by atoms with Gasteiger partial charge in [0.15, 0.2) is 0 Å². The minimum Gasteiger partial charge on any atom is -0.481 e. The zero-order valence-electron chi connectivity index (χ0n) is 11.2. The molecule has 1 aliphatic carbocycles. The molecule has 2 aliphatic rings. The quantitative estimate of drug-likeness (QED) is 0.592. The minimum atomic E-state index is -0.817. The number of carbonyl (C=O) groups excluding carboxylic acids is 2. The van der Waals surface area contributed by atoms with Crippen molar-refractivity contribution in [2.45, 2.75) is 32.1 Å². The molecular weight excluding hydrogens is 258 g/mol. The van der Waals surface area contributed by atoms with Crippen LogP contribution in [0.3, 0.4) is 0 Å². The fourth-order valence-corrected chi connectivity index (χ4v) is 2.33. The number of likely N-dealkylation sites (tertiary alicyclic amines) is 1. The van der Waals surface area contributed by atoms with Crippen molar-refractivity contribution in [3.05, 3.63) is 35.5 Å². The van der Waals surface area contributed by atoms with Crippen LogP contribution in [0, 0.1) is 0 Å². The summed E-state index contributed by atoms with van der Waals surface area (Å²) in [4.78, 5) is 36.0. The van der Waals surface area contributed by atoms with Gasteiger partial charge in [-0.1, -0.05) is 30.7 Å². The highest BCUT2D eigenvalue weighted by atomic mass is 16.4. The van der Waals surface area contributed by atoms with Crippen LogP contribution >= 0.6 is 0 Å². The smallest absolute Gasteiger partial charge is 0.303 e. The van der Waals surface area contributed by atoms with Gasteiger partial charge in [0.25, 0.3) is 11.8 Å². The second kappa shape index (κ2) is 6.32. The SMILES string of the molecule is O=C(O)CCCCCN1C(=O)C2=CC=CC=C(C2)C1=O. The first-order chi connectivity index (χ1) is 9.59. The van der Waals surface area contributed by atoms with Crippen molar-refractivity contribution in [2.75, 3.05) is 6.54 Å². The van der Waals surface area contributed by atoms with Gasteiger partial charge in [-0.15, -0.1) is 0 Å². The lowest BCUT2D eigenvalue weighted by Gasteiger charge is -2.27. The van der Waals surface area contributed by atoms with Gasteiger partial charge in [-0.3, -0.25) is 19.3 Å².